The number of amides is 1. The Morgan fingerprint density at radius 3 is 2.63 bits per heavy atom. The van der Waals surface area contributed by atoms with Crippen molar-refractivity contribution in [1.82, 2.24) is 23.6 Å². The van der Waals surface area contributed by atoms with Gasteiger partial charge in [0.25, 0.3) is 0 Å². The molecule has 5 rings (SSSR count). The lowest BCUT2D eigenvalue weighted by Crippen LogP contribution is -2.27. The number of hydrogen-bond donors (Lipinski definition) is 1. The molecule has 1 saturated heterocycles. The molecular formula is C23H24N6O5S. The maximum absolute atomic E-state index is 12.8. The van der Waals surface area contributed by atoms with E-state index >= 15 is 0 Å². The lowest BCUT2D eigenvalue weighted by molar-refractivity contribution is -0.116. The van der Waals surface area contributed by atoms with Crippen molar-refractivity contribution < 1.29 is 17.6 Å². The number of aryl methyl sites for hydroxylation is 1. The lowest BCUT2D eigenvalue weighted by Gasteiger charge is -2.15. The molecule has 1 amide bonds. The summed E-state index contributed by atoms with van der Waals surface area (Å²) in [5.41, 5.74) is 1.64. The van der Waals surface area contributed by atoms with Crippen molar-refractivity contribution in [3.63, 3.8) is 0 Å². The number of aromatic nitrogens is 4. The number of hydrogen-bond acceptors (Lipinski definition) is 7. The SMILES string of the molecule is O=C(CCn1c(=O)oc2cc(S(=O)(=O)N3CCCC3)ccc21)Nc1ncn(Cc2ccccc2)n1. The number of benzene rings is 2. The fraction of sp³-hybridized carbons (Fsp3) is 0.304. The predicted octanol–water partition coefficient (Wildman–Crippen LogP) is 2.05. The molecule has 0 radical (unpaired) electrons. The van der Waals surface area contributed by atoms with E-state index in [1.165, 1.54) is 33.4 Å². The van der Waals surface area contributed by atoms with Crippen LogP contribution in [0.5, 0.6) is 0 Å². The highest BCUT2D eigenvalue weighted by Crippen LogP contribution is 2.24. The van der Waals surface area contributed by atoms with Crippen molar-refractivity contribution in [2.24, 2.45) is 0 Å². The van der Waals surface area contributed by atoms with Crippen LogP contribution in [0.3, 0.4) is 0 Å². The normalized spacial score (nSPS) is 14.5. The van der Waals surface area contributed by atoms with Gasteiger partial charge in [-0.05, 0) is 30.5 Å². The van der Waals surface area contributed by atoms with Gasteiger partial charge in [-0.15, -0.1) is 5.10 Å². The number of nitrogens with one attached hydrogen (secondary N) is 1. The molecular weight excluding hydrogens is 472 g/mol. The van der Waals surface area contributed by atoms with Crippen LogP contribution in [0.25, 0.3) is 11.1 Å². The molecule has 0 atom stereocenters. The first-order valence-corrected chi connectivity index (χ1v) is 12.7. The van der Waals surface area contributed by atoms with E-state index in [1.54, 1.807) is 4.68 Å². The summed E-state index contributed by atoms with van der Waals surface area (Å²) < 4.78 is 35.2. The molecule has 1 fully saturated rings. The molecule has 0 unspecified atom stereocenters. The van der Waals surface area contributed by atoms with Crippen molar-refractivity contribution in [2.45, 2.75) is 37.2 Å². The van der Waals surface area contributed by atoms with Gasteiger partial charge >= 0.3 is 5.76 Å². The van der Waals surface area contributed by atoms with Gasteiger partial charge in [-0.1, -0.05) is 30.3 Å². The van der Waals surface area contributed by atoms with Crippen LogP contribution in [0.1, 0.15) is 24.8 Å². The second-order valence-electron chi connectivity index (χ2n) is 8.31. The van der Waals surface area contributed by atoms with Crippen LogP contribution in [0, 0.1) is 0 Å². The Bertz CT molecular complexity index is 1520. The van der Waals surface area contributed by atoms with E-state index in [-0.39, 0.29) is 35.3 Å². The number of anilines is 1. The van der Waals surface area contributed by atoms with Gasteiger partial charge in [0.2, 0.25) is 21.9 Å². The summed E-state index contributed by atoms with van der Waals surface area (Å²) in [7, 11) is -3.63. The smallest absolute Gasteiger partial charge is 0.408 e. The van der Waals surface area contributed by atoms with E-state index in [2.05, 4.69) is 15.4 Å². The first-order chi connectivity index (χ1) is 16.9. The van der Waals surface area contributed by atoms with Gasteiger partial charge in [0, 0.05) is 32.1 Å². The van der Waals surface area contributed by atoms with Crippen molar-refractivity contribution >= 4 is 33.0 Å². The van der Waals surface area contributed by atoms with E-state index in [0.717, 1.165) is 18.4 Å². The highest BCUT2D eigenvalue weighted by atomic mass is 32.2. The van der Waals surface area contributed by atoms with Gasteiger partial charge < -0.3 is 4.42 Å². The van der Waals surface area contributed by atoms with Crippen LogP contribution >= 0.6 is 0 Å². The van der Waals surface area contributed by atoms with Crippen LogP contribution in [0.4, 0.5) is 5.95 Å². The summed E-state index contributed by atoms with van der Waals surface area (Å²) in [5, 5.41) is 6.87. The fourth-order valence-electron chi connectivity index (χ4n) is 4.10. The Morgan fingerprint density at radius 2 is 1.86 bits per heavy atom. The summed E-state index contributed by atoms with van der Waals surface area (Å²) in [6.45, 7) is 1.55. The number of sulfonamides is 1. The van der Waals surface area contributed by atoms with E-state index < -0.39 is 15.8 Å². The zero-order valence-corrected chi connectivity index (χ0v) is 19.6. The molecule has 182 valence electrons. The summed E-state index contributed by atoms with van der Waals surface area (Å²) in [6, 6.07) is 14.1. The molecule has 35 heavy (non-hydrogen) atoms. The highest BCUT2D eigenvalue weighted by Gasteiger charge is 2.28. The molecule has 11 nitrogen and oxygen atoms in total. The third-order valence-corrected chi connectivity index (χ3v) is 7.77. The first-order valence-electron chi connectivity index (χ1n) is 11.3. The summed E-state index contributed by atoms with van der Waals surface area (Å²) >= 11 is 0. The molecule has 2 aromatic carbocycles. The third kappa shape index (κ3) is 4.88. The van der Waals surface area contributed by atoms with Gasteiger partial charge in [-0.2, -0.15) is 4.31 Å². The summed E-state index contributed by atoms with van der Waals surface area (Å²) in [5.74, 6) is -0.849. The van der Waals surface area contributed by atoms with Crippen molar-refractivity contribution in [3.05, 3.63) is 71.0 Å². The van der Waals surface area contributed by atoms with Gasteiger partial charge in [-0.25, -0.2) is 22.9 Å². The first kappa shape index (κ1) is 23.0. The zero-order valence-electron chi connectivity index (χ0n) is 18.8. The maximum Gasteiger partial charge on any atom is 0.419 e. The highest BCUT2D eigenvalue weighted by molar-refractivity contribution is 7.89. The number of oxazole rings is 1. The Kier molecular flexibility index (Phi) is 6.22. The minimum Gasteiger partial charge on any atom is -0.408 e. The molecule has 0 aliphatic carbocycles. The molecule has 3 heterocycles. The largest absolute Gasteiger partial charge is 0.419 e. The predicted molar refractivity (Wildman–Crippen MR) is 127 cm³/mol. The second-order valence-corrected chi connectivity index (χ2v) is 10.2. The molecule has 1 N–H and O–H groups in total. The van der Waals surface area contributed by atoms with Crippen molar-refractivity contribution in [3.8, 4) is 0 Å². The van der Waals surface area contributed by atoms with Crippen LogP contribution in [0.15, 0.2) is 69.0 Å². The molecule has 1 aliphatic heterocycles. The minimum absolute atomic E-state index is 0.0183. The van der Waals surface area contributed by atoms with E-state index in [1.807, 2.05) is 30.3 Å². The topological polar surface area (TPSA) is 132 Å². The van der Waals surface area contributed by atoms with Gasteiger partial charge in [0.1, 0.15) is 6.33 Å². The van der Waals surface area contributed by atoms with E-state index in [4.69, 9.17) is 4.42 Å². The van der Waals surface area contributed by atoms with Crippen molar-refractivity contribution in [1.29, 1.82) is 0 Å². The molecule has 4 aromatic rings. The lowest BCUT2D eigenvalue weighted by atomic mass is 10.2. The van der Waals surface area contributed by atoms with Gasteiger partial charge in [0.05, 0.1) is 17.0 Å². The number of nitrogens with zero attached hydrogens (tertiary/aromatic N) is 5. The van der Waals surface area contributed by atoms with E-state index in [0.29, 0.717) is 25.2 Å². The third-order valence-electron chi connectivity index (χ3n) is 5.88. The molecule has 12 heteroatoms. The number of carbonyl (C=O) groups is 1. The Labute approximate surface area is 201 Å². The number of carbonyl (C=O) groups excluding carboxylic acids is 1. The molecule has 0 saturated carbocycles. The van der Waals surface area contributed by atoms with Crippen LogP contribution in [-0.4, -0.2) is 51.1 Å². The number of rotatable bonds is 8. The quantitative estimate of drug-likeness (QED) is 0.395. The van der Waals surface area contributed by atoms with Crippen molar-refractivity contribution in [2.75, 3.05) is 18.4 Å². The van der Waals surface area contributed by atoms with Gasteiger partial charge in [-0.3, -0.25) is 14.7 Å². The zero-order chi connectivity index (χ0) is 24.4. The standard InChI is InChI=1S/C23H24N6O5S/c30-21(25-22-24-16-27(26-22)15-17-6-2-1-3-7-17)10-13-29-19-9-8-18(14-20(19)34-23(29)31)35(32,33)28-11-4-5-12-28/h1-3,6-9,14,16H,4-5,10-13,15H2,(H,25,26,30). The fourth-order valence-corrected chi connectivity index (χ4v) is 5.63. The summed E-state index contributed by atoms with van der Waals surface area (Å²) in [4.78, 5) is 29.0. The van der Waals surface area contributed by atoms with Gasteiger partial charge in [0.15, 0.2) is 5.58 Å². The Balaban J connectivity index is 1.24. The molecule has 2 aromatic heterocycles. The van der Waals surface area contributed by atoms with Crippen LogP contribution in [-0.2, 0) is 27.9 Å². The Hall–Kier alpha value is -3.77. The van der Waals surface area contributed by atoms with E-state index in [9.17, 15) is 18.0 Å². The summed E-state index contributed by atoms with van der Waals surface area (Å²) in [6.07, 6.45) is 3.18. The average molecular weight is 497 g/mol. The molecule has 0 spiro atoms. The second kappa shape index (κ2) is 9.47. The number of fused-ring (bicyclic) bond motifs is 1. The van der Waals surface area contributed by atoms with Crippen LogP contribution < -0.4 is 11.1 Å². The minimum atomic E-state index is -3.63. The van der Waals surface area contributed by atoms with Crippen LogP contribution in [0.2, 0.25) is 0 Å². The Morgan fingerprint density at radius 1 is 1.09 bits per heavy atom. The monoisotopic (exact) mass is 496 g/mol. The molecule has 0 bridgehead atoms. The average Bonchev–Trinajstić information content (AvgIpc) is 3.59. The molecule has 1 aliphatic rings. The maximum atomic E-state index is 12.8.